The SMILES string of the molecule is N=O.[N-]=[N+]=NC(=O)N=[N+]=[N-]. The number of amides is 2. The predicted molar refractivity (Wildman–Crippen MR) is 29.8 cm³/mol. The van der Waals surface area contributed by atoms with Crippen molar-refractivity contribution < 1.29 is 4.79 Å². The van der Waals surface area contributed by atoms with Crippen LogP contribution >= 0.6 is 0 Å². The number of hydrogen-bond acceptors (Lipinski definition) is 3. The van der Waals surface area contributed by atoms with Gasteiger partial charge in [0, 0.05) is 9.82 Å². The van der Waals surface area contributed by atoms with Crippen molar-refractivity contribution in [2.24, 2.45) is 10.2 Å². The van der Waals surface area contributed by atoms with E-state index in [-0.39, 0.29) is 0 Å². The van der Waals surface area contributed by atoms with Crippen LogP contribution in [0, 0.1) is 10.5 Å². The number of rotatable bonds is 0. The average molecular weight is 143 g/mol. The Bertz CT molecular complexity index is 176. The summed E-state index contributed by atoms with van der Waals surface area (Å²) in [6.07, 6.45) is 0. The lowest BCUT2D eigenvalue weighted by atomic mass is 11.2. The van der Waals surface area contributed by atoms with Crippen molar-refractivity contribution in [3.63, 3.8) is 0 Å². The third-order valence-corrected chi connectivity index (χ3v) is 0.261. The summed E-state index contributed by atoms with van der Waals surface area (Å²) in [7, 11) is 0. The molecule has 0 fully saturated rings. The zero-order valence-corrected chi connectivity index (χ0v) is 4.50. The van der Waals surface area contributed by atoms with Gasteiger partial charge in [0.25, 0.3) is 0 Å². The highest BCUT2D eigenvalue weighted by Crippen LogP contribution is 1.80. The van der Waals surface area contributed by atoms with Crippen LogP contribution in [0.25, 0.3) is 20.9 Å². The van der Waals surface area contributed by atoms with E-state index in [1.165, 1.54) is 0 Å². The molecule has 0 rings (SSSR count). The second-order valence-electron chi connectivity index (χ2n) is 0.661. The number of nitrogens with one attached hydrogen (secondary N) is 1. The maximum Gasteiger partial charge on any atom is 0.305 e. The fourth-order valence-electron chi connectivity index (χ4n) is 0.0965. The highest BCUT2D eigenvalue weighted by molar-refractivity contribution is 5.75. The molecule has 0 aromatic heterocycles. The summed E-state index contributed by atoms with van der Waals surface area (Å²) in [6, 6.07) is -1.17. The second-order valence-corrected chi connectivity index (χ2v) is 0.661. The molecule has 0 atom stereocenters. The Morgan fingerprint density at radius 1 is 1.20 bits per heavy atom. The summed E-state index contributed by atoms with van der Waals surface area (Å²) in [6.45, 7) is 0. The van der Waals surface area contributed by atoms with Crippen LogP contribution in [-0.4, -0.2) is 6.03 Å². The molecule has 0 bridgehead atoms. The first-order valence-corrected chi connectivity index (χ1v) is 1.66. The second kappa shape index (κ2) is 10.00. The van der Waals surface area contributed by atoms with E-state index < -0.39 is 6.03 Å². The van der Waals surface area contributed by atoms with Crippen LogP contribution < -0.4 is 0 Å². The lowest BCUT2D eigenvalue weighted by Gasteiger charge is -1.65. The topological polar surface area (TPSA) is 156 Å². The average Bonchev–Trinajstić information content (AvgIpc) is 1.93. The van der Waals surface area contributed by atoms with Gasteiger partial charge in [0.2, 0.25) is 0 Å². The van der Waals surface area contributed by atoms with E-state index in [0.29, 0.717) is 0 Å². The van der Waals surface area contributed by atoms with E-state index in [0.717, 1.165) is 0 Å². The van der Waals surface area contributed by atoms with Gasteiger partial charge in [0.15, 0.2) is 0 Å². The molecular weight excluding hydrogens is 142 g/mol. The molecule has 9 nitrogen and oxygen atoms in total. The van der Waals surface area contributed by atoms with E-state index in [2.05, 4.69) is 25.6 Å². The van der Waals surface area contributed by atoms with Gasteiger partial charge in [0.05, 0.1) is 0 Å². The smallest absolute Gasteiger partial charge is 0.285 e. The summed E-state index contributed by atoms with van der Waals surface area (Å²) >= 11 is 0. The van der Waals surface area contributed by atoms with Crippen LogP contribution in [0.4, 0.5) is 4.79 Å². The van der Waals surface area contributed by atoms with Gasteiger partial charge in [-0.05, 0) is 21.3 Å². The molecular formula is CHN7O2. The number of carbonyl (C=O) groups excluding carboxylic acids is 1. The van der Waals surface area contributed by atoms with Crippen molar-refractivity contribution in [1.29, 1.82) is 5.59 Å². The van der Waals surface area contributed by atoms with Crippen LogP contribution in [0.1, 0.15) is 0 Å². The largest absolute Gasteiger partial charge is 0.305 e. The Morgan fingerprint density at radius 2 is 1.50 bits per heavy atom. The molecule has 1 N–H and O–H groups in total. The van der Waals surface area contributed by atoms with Gasteiger partial charge in [-0.3, -0.25) is 4.79 Å². The van der Waals surface area contributed by atoms with Crippen molar-refractivity contribution in [2.45, 2.75) is 0 Å². The Hall–Kier alpha value is -2.11. The summed E-state index contributed by atoms with van der Waals surface area (Å²) in [5.74, 6) is 0. The quantitative estimate of drug-likeness (QED) is 0.238. The normalized spacial score (nSPS) is 5.20. The molecule has 0 heterocycles. The van der Waals surface area contributed by atoms with E-state index >= 15 is 0 Å². The molecule has 9 heteroatoms. The number of urea groups is 1. The zero-order chi connectivity index (χ0) is 8.41. The zero-order valence-electron chi connectivity index (χ0n) is 4.50. The first-order chi connectivity index (χ1) is 4.81. The maximum atomic E-state index is 9.80. The van der Waals surface area contributed by atoms with Crippen molar-refractivity contribution in [3.8, 4) is 0 Å². The van der Waals surface area contributed by atoms with Gasteiger partial charge in [0.1, 0.15) is 0 Å². The van der Waals surface area contributed by atoms with Gasteiger partial charge in [-0.1, -0.05) is 5.59 Å². The van der Waals surface area contributed by atoms with Crippen LogP contribution in [-0.2, 0) is 0 Å². The van der Waals surface area contributed by atoms with E-state index in [1.54, 1.807) is 0 Å². The summed E-state index contributed by atoms with van der Waals surface area (Å²) in [5.41, 5.74) is 19.5. The summed E-state index contributed by atoms with van der Waals surface area (Å²) in [4.78, 5) is 21.4. The molecule has 52 valence electrons. The number of nitroso groups, excluding NO2 is 1. The Morgan fingerprint density at radius 3 is 1.70 bits per heavy atom. The van der Waals surface area contributed by atoms with E-state index in [4.69, 9.17) is 16.0 Å². The number of nitrogens with zero attached hydrogens (tertiary/aromatic N) is 6. The van der Waals surface area contributed by atoms with Gasteiger partial charge in [-0.2, -0.15) is 4.91 Å². The third-order valence-electron chi connectivity index (χ3n) is 0.261. The van der Waals surface area contributed by atoms with Crippen molar-refractivity contribution in [2.75, 3.05) is 0 Å². The van der Waals surface area contributed by atoms with Crippen molar-refractivity contribution in [3.05, 3.63) is 25.8 Å². The summed E-state index contributed by atoms with van der Waals surface area (Å²) in [5, 5.41) is 4.87. The lowest BCUT2D eigenvalue weighted by Crippen LogP contribution is -1.73. The molecule has 0 aliphatic carbocycles. The minimum Gasteiger partial charge on any atom is -0.285 e. The molecule has 10 heavy (non-hydrogen) atoms. The highest BCUT2D eigenvalue weighted by atomic mass is 16.2. The minimum absolute atomic E-state index is 1.17. The van der Waals surface area contributed by atoms with Crippen LogP contribution in [0.2, 0.25) is 0 Å². The van der Waals surface area contributed by atoms with Crippen LogP contribution in [0.5, 0.6) is 0 Å². The third kappa shape index (κ3) is 9.31. The molecule has 0 aliphatic heterocycles. The Labute approximate surface area is 53.7 Å². The fraction of sp³-hybridized carbons (Fsp3) is 0. The minimum atomic E-state index is -1.17. The number of azide groups is 1. The fourth-order valence-corrected chi connectivity index (χ4v) is 0.0965. The van der Waals surface area contributed by atoms with E-state index in [1.807, 2.05) is 0 Å². The van der Waals surface area contributed by atoms with Gasteiger partial charge >= 0.3 is 6.03 Å². The molecule has 0 saturated carbocycles. The van der Waals surface area contributed by atoms with Crippen molar-refractivity contribution >= 4 is 6.03 Å². The maximum absolute atomic E-state index is 9.80. The predicted octanol–water partition coefficient (Wildman–Crippen LogP) is 2.06. The number of carbonyl (C=O) groups is 1. The monoisotopic (exact) mass is 143 g/mol. The molecule has 0 radical (unpaired) electrons. The lowest BCUT2D eigenvalue weighted by molar-refractivity contribution is 0.256. The van der Waals surface area contributed by atoms with Crippen LogP contribution in [0.3, 0.4) is 0 Å². The standard InChI is InChI=1S/CN6O.HNO/c2-6-4-1(8)5-7-3;1-2/h;1H. The molecule has 0 spiro atoms. The Kier molecular flexibility index (Phi) is 10.8. The molecule has 0 aromatic rings. The molecule has 0 aliphatic rings. The van der Waals surface area contributed by atoms with Crippen LogP contribution in [0.15, 0.2) is 10.2 Å². The highest BCUT2D eigenvalue weighted by Gasteiger charge is 1.84. The molecule has 0 saturated heterocycles. The molecule has 2 amide bonds. The summed E-state index contributed by atoms with van der Waals surface area (Å²) < 4.78 is 0. The molecule has 0 unspecified atom stereocenters. The van der Waals surface area contributed by atoms with Gasteiger partial charge in [-0.25, -0.2) is 0 Å². The first kappa shape index (κ1) is 10.8. The molecule has 0 aromatic carbocycles. The Balaban J connectivity index is 0. The van der Waals surface area contributed by atoms with Crippen molar-refractivity contribution in [1.82, 2.24) is 0 Å². The number of hydrogen-bond donors (Lipinski definition) is 1. The van der Waals surface area contributed by atoms with E-state index in [9.17, 15) is 4.79 Å². The van der Waals surface area contributed by atoms with Gasteiger partial charge < -0.3 is 0 Å². The first-order valence-electron chi connectivity index (χ1n) is 1.66. The van der Waals surface area contributed by atoms with Gasteiger partial charge in [-0.15, -0.1) is 0 Å².